The lowest BCUT2D eigenvalue weighted by Gasteiger charge is -2.12. The van der Waals surface area contributed by atoms with Gasteiger partial charge in [-0.15, -0.1) is 0 Å². The Labute approximate surface area is 178 Å². The number of halogens is 1. The highest BCUT2D eigenvalue weighted by Gasteiger charge is 2.23. The highest BCUT2D eigenvalue weighted by atomic mass is 32.2. The lowest BCUT2D eigenvalue weighted by atomic mass is 10.1. The maximum atomic E-state index is 13.8. The number of carbonyl (C=O) groups is 2. The summed E-state index contributed by atoms with van der Waals surface area (Å²) in [6.45, 7) is 9.08. The van der Waals surface area contributed by atoms with Gasteiger partial charge in [0.1, 0.15) is 5.82 Å². The third-order valence-electron chi connectivity index (χ3n) is 3.61. The molecule has 0 aliphatic heterocycles. The number of nitro groups is 1. The van der Waals surface area contributed by atoms with Crippen molar-refractivity contribution in [2.75, 3.05) is 13.2 Å². The molecule has 0 unspecified atom stereocenters. The van der Waals surface area contributed by atoms with Gasteiger partial charge in [0.2, 0.25) is 0 Å². The molecule has 30 heavy (non-hydrogen) atoms. The van der Waals surface area contributed by atoms with Gasteiger partial charge in [0.25, 0.3) is 5.69 Å². The van der Waals surface area contributed by atoms with E-state index >= 15 is 0 Å². The fraction of sp³-hybridized carbons (Fsp3) is 0.333. The van der Waals surface area contributed by atoms with Crippen LogP contribution in [0.2, 0.25) is 0 Å². The number of hydrogen-bond acceptors (Lipinski definition) is 7. The summed E-state index contributed by atoms with van der Waals surface area (Å²) in [7, 11) is 0. The van der Waals surface area contributed by atoms with E-state index in [9.17, 15) is 24.1 Å². The smallest absolute Gasteiger partial charge is 0.339 e. The maximum Gasteiger partial charge on any atom is 0.339 e. The molecule has 0 amide bonds. The van der Waals surface area contributed by atoms with Crippen LogP contribution in [0, 0.1) is 22.9 Å². The van der Waals surface area contributed by atoms with E-state index < -0.39 is 22.7 Å². The number of carbonyl (C=O) groups excluding carboxylic acids is 2. The zero-order chi connectivity index (χ0) is 22.8. The van der Waals surface area contributed by atoms with Gasteiger partial charge in [-0.2, -0.15) is 0 Å². The minimum atomic E-state index is -0.724. The summed E-state index contributed by atoms with van der Waals surface area (Å²) in [5.74, 6) is -2.01. The first kappa shape index (κ1) is 25.1. The van der Waals surface area contributed by atoms with Crippen molar-refractivity contribution in [1.82, 2.24) is 0 Å². The van der Waals surface area contributed by atoms with Crippen LogP contribution in [-0.4, -0.2) is 30.1 Å². The summed E-state index contributed by atoms with van der Waals surface area (Å²) in [4.78, 5) is 35.4. The third-order valence-corrected chi connectivity index (χ3v) is 4.92. The van der Waals surface area contributed by atoms with Crippen molar-refractivity contribution < 1.29 is 28.4 Å². The van der Waals surface area contributed by atoms with Crippen molar-refractivity contribution in [2.24, 2.45) is 0 Å². The lowest BCUT2D eigenvalue weighted by Crippen LogP contribution is -2.08. The molecule has 0 spiro atoms. The number of esters is 2. The van der Waals surface area contributed by atoms with Crippen molar-refractivity contribution in [2.45, 2.75) is 44.4 Å². The summed E-state index contributed by atoms with van der Waals surface area (Å²) in [6, 6.07) is 6.17. The minimum Gasteiger partial charge on any atom is -0.462 e. The fourth-order valence-corrected chi connectivity index (χ4v) is 3.49. The van der Waals surface area contributed by atoms with Gasteiger partial charge in [-0.05, 0) is 50.6 Å². The molecule has 2 aromatic rings. The van der Waals surface area contributed by atoms with E-state index in [2.05, 4.69) is 0 Å². The number of benzene rings is 2. The second-order valence-electron chi connectivity index (χ2n) is 5.58. The van der Waals surface area contributed by atoms with E-state index in [1.807, 2.05) is 13.8 Å². The lowest BCUT2D eigenvalue weighted by molar-refractivity contribution is -0.387. The Morgan fingerprint density at radius 1 is 1.07 bits per heavy atom. The van der Waals surface area contributed by atoms with Crippen LogP contribution in [0.25, 0.3) is 0 Å². The zero-order valence-electron chi connectivity index (χ0n) is 17.5. The molecule has 0 radical (unpaired) electrons. The molecule has 2 rings (SSSR count). The van der Waals surface area contributed by atoms with E-state index in [0.29, 0.717) is 10.5 Å². The Kier molecular flexibility index (Phi) is 9.97. The molecule has 9 heteroatoms. The van der Waals surface area contributed by atoms with Crippen LogP contribution in [0.4, 0.5) is 10.1 Å². The SMILES string of the molecule is CC.CCOC(=O)c1ccc(Sc2c(C)cc(F)cc2C(=O)OCC)c([N+](=O)[O-])c1. The number of hydrogen-bond donors (Lipinski definition) is 0. The molecular formula is C21H24FNO6S. The average Bonchev–Trinajstić information content (AvgIpc) is 2.71. The molecule has 162 valence electrons. The summed E-state index contributed by atoms with van der Waals surface area (Å²) in [5.41, 5.74) is 0.123. The highest BCUT2D eigenvalue weighted by Crippen LogP contribution is 2.39. The third kappa shape index (κ3) is 6.28. The first-order valence-electron chi connectivity index (χ1n) is 9.39. The molecule has 2 aromatic carbocycles. The maximum absolute atomic E-state index is 13.8. The van der Waals surface area contributed by atoms with Crippen LogP contribution >= 0.6 is 11.8 Å². The van der Waals surface area contributed by atoms with E-state index in [1.54, 1.807) is 20.8 Å². The van der Waals surface area contributed by atoms with Gasteiger partial charge >= 0.3 is 11.9 Å². The van der Waals surface area contributed by atoms with Crippen molar-refractivity contribution in [3.63, 3.8) is 0 Å². The van der Waals surface area contributed by atoms with Crippen LogP contribution in [-0.2, 0) is 9.47 Å². The molecule has 0 N–H and O–H groups in total. The van der Waals surface area contributed by atoms with E-state index in [-0.39, 0.29) is 34.9 Å². The summed E-state index contributed by atoms with van der Waals surface area (Å²) >= 11 is 0.931. The second kappa shape index (κ2) is 11.9. The molecule has 0 saturated heterocycles. The van der Waals surface area contributed by atoms with Crippen LogP contribution in [0.3, 0.4) is 0 Å². The Balaban J connectivity index is 0.00000218. The molecule has 0 aliphatic carbocycles. The van der Waals surface area contributed by atoms with Crippen molar-refractivity contribution in [1.29, 1.82) is 0 Å². The van der Waals surface area contributed by atoms with Gasteiger partial charge in [-0.3, -0.25) is 10.1 Å². The van der Waals surface area contributed by atoms with Crippen molar-refractivity contribution in [3.05, 3.63) is 63.0 Å². The van der Waals surface area contributed by atoms with Gasteiger partial charge in [-0.1, -0.05) is 25.6 Å². The van der Waals surface area contributed by atoms with Gasteiger partial charge < -0.3 is 9.47 Å². The Morgan fingerprint density at radius 2 is 1.67 bits per heavy atom. The highest BCUT2D eigenvalue weighted by molar-refractivity contribution is 7.99. The van der Waals surface area contributed by atoms with Crippen LogP contribution in [0.15, 0.2) is 40.1 Å². The van der Waals surface area contributed by atoms with E-state index in [4.69, 9.17) is 9.47 Å². The van der Waals surface area contributed by atoms with Crippen molar-refractivity contribution in [3.8, 4) is 0 Å². The largest absolute Gasteiger partial charge is 0.462 e. The zero-order valence-corrected chi connectivity index (χ0v) is 18.3. The molecule has 0 atom stereocenters. The van der Waals surface area contributed by atoms with Gasteiger partial charge in [0.05, 0.1) is 34.2 Å². The summed E-state index contributed by atoms with van der Waals surface area (Å²) < 4.78 is 23.6. The van der Waals surface area contributed by atoms with Gasteiger partial charge in [0, 0.05) is 11.0 Å². The summed E-state index contributed by atoms with van der Waals surface area (Å²) in [5, 5.41) is 11.5. The molecule has 0 aliphatic rings. The van der Waals surface area contributed by atoms with Crippen LogP contribution < -0.4 is 0 Å². The first-order chi connectivity index (χ1) is 14.3. The number of rotatable bonds is 7. The van der Waals surface area contributed by atoms with Gasteiger partial charge in [-0.25, -0.2) is 14.0 Å². The number of nitrogens with zero attached hydrogens (tertiary/aromatic N) is 1. The monoisotopic (exact) mass is 437 g/mol. The number of nitro benzene ring substituents is 1. The topological polar surface area (TPSA) is 95.7 Å². The Hall–Kier alpha value is -2.94. The molecule has 0 fully saturated rings. The molecular weight excluding hydrogens is 413 g/mol. The minimum absolute atomic E-state index is 0.0203. The summed E-state index contributed by atoms with van der Waals surface area (Å²) in [6.07, 6.45) is 0. The number of aryl methyl sites for hydroxylation is 1. The van der Waals surface area contributed by atoms with Crippen LogP contribution in [0.5, 0.6) is 0 Å². The predicted octanol–water partition coefficient (Wildman–Crippen LogP) is 5.57. The Morgan fingerprint density at radius 3 is 2.23 bits per heavy atom. The quantitative estimate of drug-likeness (QED) is 0.317. The normalized spacial score (nSPS) is 9.93. The predicted molar refractivity (Wildman–Crippen MR) is 112 cm³/mol. The molecule has 0 saturated carbocycles. The molecule has 0 bridgehead atoms. The molecule has 7 nitrogen and oxygen atoms in total. The fourth-order valence-electron chi connectivity index (χ4n) is 2.42. The van der Waals surface area contributed by atoms with Crippen molar-refractivity contribution >= 4 is 29.4 Å². The van der Waals surface area contributed by atoms with E-state index in [1.165, 1.54) is 18.2 Å². The van der Waals surface area contributed by atoms with E-state index in [0.717, 1.165) is 23.9 Å². The molecule has 0 aromatic heterocycles. The Bertz CT molecular complexity index is 932. The molecule has 0 heterocycles. The number of ether oxygens (including phenoxy) is 2. The van der Waals surface area contributed by atoms with Gasteiger partial charge in [0.15, 0.2) is 0 Å². The standard InChI is InChI=1S/C19H18FNO6S.C2H6/c1-4-26-18(22)12-6-7-16(15(9-12)21(24)25)28-17-11(3)8-13(20)10-14(17)19(23)27-5-2;1-2/h6-10H,4-5H2,1-3H3;1-2H3. The average molecular weight is 437 g/mol. The first-order valence-corrected chi connectivity index (χ1v) is 10.2. The second-order valence-corrected chi connectivity index (χ2v) is 6.63. The van der Waals surface area contributed by atoms with Crippen LogP contribution in [0.1, 0.15) is 54.0 Å².